The van der Waals surface area contributed by atoms with Gasteiger partial charge in [-0.05, 0) is 31.2 Å². The summed E-state index contributed by atoms with van der Waals surface area (Å²) in [6.07, 6.45) is 4.21. The van der Waals surface area contributed by atoms with Crippen LogP contribution in [0, 0.1) is 11.8 Å². The van der Waals surface area contributed by atoms with E-state index in [2.05, 4.69) is 22.6 Å². The minimum absolute atomic E-state index is 0.849. The molecule has 0 aromatic carbocycles. The number of halogens is 1. The molecule has 0 radical (unpaired) electrons. The number of hydrogen-bond acceptors (Lipinski definition) is 1. The second kappa shape index (κ2) is 3.76. The molecule has 0 saturated heterocycles. The van der Waals surface area contributed by atoms with Gasteiger partial charge in [-0.25, -0.2) is 0 Å². The normalized spacial score (nSPS) is 35.3. The summed E-state index contributed by atoms with van der Waals surface area (Å²) in [5, 5.41) is 0. The summed E-state index contributed by atoms with van der Waals surface area (Å²) in [6.45, 7) is 0.910. The Balaban J connectivity index is 2.32. The third-order valence-electron chi connectivity index (χ3n) is 2.32. The van der Waals surface area contributed by atoms with Gasteiger partial charge in [-0.15, -0.1) is 0 Å². The van der Waals surface area contributed by atoms with E-state index >= 15 is 0 Å². The van der Waals surface area contributed by atoms with Gasteiger partial charge in [0.05, 0.1) is 0 Å². The van der Waals surface area contributed by atoms with Crippen molar-refractivity contribution < 1.29 is 0 Å². The van der Waals surface area contributed by atoms with Crippen molar-refractivity contribution in [3.05, 3.63) is 0 Å². The van der Waals surface area contributed by atoms with Crippen LogP contribution in [0.4, 0.5) is 0 Å². The average molecular weight is 239 g/mol. The molecule has 0 bridgehead atoms. The summed E-state index contributed by atoms with van der Waals surface area (Å²) in [6, 6.07) is 0. The molecular formula is C7H14IN. The van der Waals surface area contributed by atoms with Crippen molar-refractivity contribution in [2.45, 2.75) is 19.3 Å². The Morgan fingerprint density at radius 1 is 1.33 bits per heavy atom. The van der Waals surface area contributed by atoms with Crippen molar-refractivity contribution in [2.24, 2.45) is 17.6 Å². The first-order chi connectivity index (χ1) is 4.38. The van der Waals surface area contributed by atoms with E-state index in [9.17, 15) is 0 Å². The van der Waals surface area contributed by atoms with E-state index in [1.54, 1.807) is 0 Å². The van der Waals surface area contributed by atoms with Gasteiger partial charge in [0, 0.05) is 4.43 Å². The zero-order chi connectivity index (χ0) is 6.69. The molecule has 1 nitrogen and oxygen atoms in total. The quantitative estimate of drug-likeness (QED) is 0.577. The third kappa shape index (κ3) is 1.80. The summed E-state index contributed by atoms with van der Waals surface area (Å²) in [7, 11) is 0. The van der Waals surface area contributed by atoms with E-state index in [1.165, 1.54) is 23.7 Å². The van der Waals surface area contributed by atoms with E-state index in [1.807, 2.05) is 0 Å². The molecule has 1 fully saturated rings. The van der Waals surface area contributed by atoms with Gasteiger partial charge in [0.15, 0.2) is 0 Å². The predicted octanol–water partition coefficient (Wildman–Crippen LogP) is 1.80. The molecule has 54 valence electrons. The summed E-state index contributed by atoms with van der Waals surface area (Å²) in [4.78, 5) is 0. The molecule has 1 aliphatic rings. The molecule has 1 rings (SSSR count). The van der Waals surface area contributed by atoms with Crippen LogP contribution in [-0.4, -0.2) is 11.0 Å². The Morgan fingerprint density at radius 2 is 2.00 bits per heavy atom. The van der Waals surface area contributed by atoms with Crippen molar-refractivity contribution in [3.8, 4) is 0 Å². The SMILES string of the molecule is NCC1CCCC1CI. The topological polar surface area (TPSA) is 26.0 Å². The Kier molecular flexibility index (Phi) is 3.26. The first-order valence-corrected chi connectivity index (χ1v) is 5.17. The first-order valence-electron chi connectivity index (χ1n) is 3.64. The van der Waals surface area contributed by atoms with E-state index in [0.29, 0.717) is 0 Å². The molecule has 0 heterocycles. The molecule has 0 aliphatic heterocycles. The minimum Gasteiger partial charge on any atom is -0.330 e. The maximum Gasteiger partial charge on any atom is 0.00268 e. The molecule has 0 spiro atoms. The molecular weight excluding hydrogens is 225 g/mol. The van der Waals surface area contributed by atoms with Crippen LogP contribution in [0.5, 0.6) is 0 Å². The monoisotopic (exact) mass is 239 g/mol. The number of alkyl halides is 1. The molecule has 0 aromatic heterocycles. The lowest BCUT2D eigenvalue weighted by Crippen LogP contribution is -2.19. The molecule has 9 heavy (non-hydrogen) atoms. The van der Waals surface area contributed by atoms with E-state index in [-0.39, 0.29) is 0 Å². The Hall–Kier alpha value is 0.690. The van der Waals surface area contributed by atoms with Crippen LogP contribution >= 0.6 is 22.6 Å². The molecule has 2 N–H and O–H groups in total. The second-order valence-corrected chi connectivity index (χ2v) is 3.72. The standard InChI is InChI=1S/C7H14IN/c8-4-6-2-1-3-7(6)5-9/h6-7H,1-5,9H2. The second-order valence-electron chi connectivity index (χ2n) is 2.84. The molecule has 0 aromatic rings. The molecule has 1 saturated carbocycles. The maximum atomic E-state index is 5.60. The zero-order valence-corrected chi connectivity index (χ0v) is 7.80. The lowest BCUT2D eigenvalue weighted by Gasteiger charge is -2.13. The largest absolute Gasteiger partial charge is 0.330 e. The maximum absolute atomic E-state index is 5.60. The average Bonchev–Trinajstić information content (AvgIpc) is 2.33. The highest BCUT2D eigenvalue weighted by molar-refractivity contribution is 14.1. The third-order valence-corrected chi connectivity index (χ3v) is 3.45. The van der Waals surface area contributed by atoms with Gasteiger partial charge in [0.2, 0.25) is 0 Å². The molecule has 1 aliphatic carbocycles. The van der Waals surface area contributed by atoms with Crippen molar-refractivity contribution in [1.82, 2.24) is 0 Å². The smallest absolute Gasteiger partial charge is 0.00268 e. The van der Waals surface area contributed by atoms with E-state index < -0.39 is 0 Å². The van der Waals surface area contributed by atoms with Crippen LogP contribution in [0.1, 0.15) is 19.3 Å². The zero-order valence-electron chi connectivity index (χ0n) is 5.65. The van der Waals surface area contributed by atoms with Crippen molar-refractivity contribution >= 4 is 22.6 Å². The fourth-order valence-corrected chi connectivity index (χ4v) is 2.79. The summed E-state index contributed by atoms with van der Waals surface area (Å²) >= 11 is 2.47. The lowest BCUT2D eigenvalue weighted by molar-refractivity contribution is 0.441. The highest BCUT2D eigenvalue weighted by Gasteiger charge is 2.24. The fraction of sp³-hybridized carbons (Fsp3) is 1.00. The van der Waals surface area contributed by atoms with Crippen molar-refractivity contribution in [2.75, 3.05) is 11.0 Å². The molecule has 2 unspecified atom stereocenters. The van der Waals surface area contributed by atoms with Gasteiger partial charge in [0.25, 0.3) is 0 Å². The number of rotatable bonds is 2. The predicted molar refractivity (Wildman–Crippen MR) is 48.8 cm³/mol. The molecule has 0 amide bonds. The Labute approximate surface area is 70.5 Å². The highest BCUT2D eigenvalue weighted by atomic mass is 127. The number of hydrogen-bond donors (Lipinski definition) is 1. The van der Waals surface area contributed by atoms with Gasteiger partial charge in [-0.2, -0.15) is 0 Å². The van der Waals surface area contributed by atoms with Crippen molar-refractivity contribution in [3.63, 3.8) is 0 Å². The van der Waals surface area contributed by atoms with Crippen LogP contribution in [0.25, 0.3) is 0 Å². The van der Waals surface area contributed by atoms with Gasteiger partial charge < -0.3 is 5.73 Å². The molecule has 2 atom stereocenters. The summed E-state index contributed by atoms with van der Waals surface area (Å²) in [5.74, 6) is 1.79. The lowest BCUT2D eigenvalue weighted by atomic mass is 9.99. The van der Waals surface area contributed by atoms with Gasteiger partial charge in [0.1, 0.15) is 0 Å². The van der Waals surface area contributed by atoms with E-state index in [4.69, 9.17) is 5.73 Å². The Morgan fingerprint density at radius 3 is 2.44 bits per heavy atom. The summed E-state index contributed by atoms with van der Waals surface area (Å²) in [5.41, 5.74) is 5.60. The van der Waals surface area contributed by atoms with Crippen LogP contribution in [0.2, 0.25) is 0 Å². The van der Waals surface area contributed by atoms with Gasteiger partial charge in [-0.1, -0.05) is 29.0 Å². The van der Waals surface area contributed by atoms with Crippen LogP contribution < -0.4 is 5.73 Å². The summed E-state index contributed by atoms with van der Waals surface area (Å²) < 4.78 is 1.31. The fourth-order valence-electron chi connectivity index (χ4n) is 1.63. The van der Waals surface area contributed by atoms with E-state index in [0.717, 1.165) is 18.4 Å². The van der Waals surface area contributed by atoms with Gasteiger partial charge in [-0.3, -0.25) is 0 Å². The van der Waals surface area contributed by atoms with Crippen LogP contribution in [-0.2, 0) is 0 Å². The van der Waals surface area contributed by atoms with Gasteiger partial charge >= 0.3 is 0 Å². The van der Waals surface area contributed by atoms with Crippen molar-refractivity contribution in [1.29, 1.82) is 0 Å². The van der Waals surface area contributed by atoms with Crippen LogP contribution in [0.15, 0.2) is 0 Å². The van der Waals surface area contributed by atoms with Crippen LogP contribution in [0.3, 0.4) is 0 Å². The first kappa shape index (κ1) is 7.79. The number of nitrogens with two attached hydrogens (primary N) is 1. The minimum atomic E-state index is 0.849. The Bertz CT molecular complexity index is 75.0. The molecule has 2 heteroatoms. The highest BCUT2D eigenvalue weighted by Crippen LogP contribution is 2.31.